The molecule has 1 spiro atoms. The Morgan fingerprint density at radius 3 is 2.51 bits per heavy atom. The van der Waals surface area contributed by atoms with E-state index in [2.05, 4.69) is 43.7 Å². The first-order valence-electron chi connectivity index (χ1n) is 13.0. The number of pyridine rings is 2. The molecule has 1 aromatic carbocycles. The number of fused-ring (bicyclic) bond motifs is 1. The van der Waals surface area contributed by atoms with Gasteiger partial charge in [-0.1, -0.05) is 18.2 Å². The fraction of sp³-hybridized carbons (Fsp3) is 0.345. The number of carbonyl (C=O) groups excluding carboxylic acids is 1. The van der Waals surface area contributed by atoms with Gasteiger partial charge in [0.1, 0.15) is 5.65 Å². The van der Waals surface area contributed by atoms with Gasteiger partial charge in [0.15, 0.2) is 0 Å². The number of amides is 1. The zero-order chi connectivity index (χ0) is 25.2. The first kappa shape index (κ1) is 23.6. The predicted molar refractivity (Wildman–Crippen MR) is 143 cm³/mol. The van der Waals surface area contributed by atoms with Crippen molar-refractivity contribution in [3.05, 3.63) is 90.0 Å². The van der Waals surface area contributed by atoms with Gasteiger partial charge in [-0.3, -0.25) is 19.9 Å². The molecule has 0 aliphatic carbocycles. The number of hydrogen-bond acceptors (Lipinski definition) is 6. The molecule has 2 aliphatic rings. The molecule has 0 unspecified atom stereocenters. The van der Waals surface area contributed by atoms with E-state index in [0.717, 1.165) is 30.8 Å². The molecule has 8 heteroatoms. The molecule has 4 aromatic rings. The molecule has 6 rings (SSSR count). The molecule has 1 amide bonds. The van der Waals surface area contributed by atoms with Crippen molar-refractivity contribution in [3.8, 4) is 0 Å². The van der Waals surface area contributed by atoms with Gasteiger partial charge in [-0.25, -0.2) is 10.5 Å². The number of anilines is 1. The second-order valence-corrected chi connectivity index (χ2v) is 10.5. The number of aromatic nitrogens is 3. The van der Waals surface area contributed by atoms with E-state index in [1.165, 1.54) is 49.0 Å². The number of hydroxylamine groups is 1. The van der Waals surface area contributed by atoms with Crippen molar-refractivity contribution in [3.63, 3.8) is 0 Å². The Kier molecular flexibility index (Phi) is 6.36. The molecule has 2 saturated heterocycles. The minimum Gasteiger partial charge on any atom is -0.371 e. The molecule has 2 aliphatic heterocycles. The Morgan fingerprint density at radius 2 is 1.76 bits per heavy atom. The lowest BCUT2D eigenvalue weighted by atomic mass is 9.77. The Morgan fingerprint density at radius 1 is 0.946 bits per heavy atom. The number of benzene rings is 1. The fourth-order valence-corrected chi connectivity index (χ4v) is 6.04. The summed E-state index contributed by atoms with van der Waals surface area (Å²) in [5.41, 5.74) is 7.12. The molecule has 0 atom stereocenters. The summed E-state index contributed by atoms with van der Waals surface area (Å²) in [7, 11) is 0. The van der Waals surface area contributed by atoms with Crippen molar-refractivity contribution in [1.29, 1.82) is 0 Å². The molecule has 8 nitrogen and oxygen atoms in total. The minimum absolute atomic E-state index is 0.425. The first-order chi connectivity index (χ1) is 18.1. The Bertz CT molecular complexity index is 1380. The van der Waals surface area contributed by atoms with Crippen molar-refractivity contribution < 1.29 is 10.0 Å². The highest BCUT2D eigenvalue weighted by Crippen LogP contribution is 2.42. The lowest BCUT2D eigenvalue weighted by Crippen LogP contribution is -2.41. The molecular formula is C29H32N6O2. The molecule has 0 saturated carbocycles. The average molecular weight is 497 g/mol. The minimum atomic E-state index is -0.508. The van der Waals surface area contributed by atoms with E-state index in [9.17, 15) is 4.79 Å². The van der Waals surface area contributed by atoms with Crippen LogP contribution in [-0.4, -0.2) is 56.7 Å². The molecule has 37 heavy (non-hydrogen) atoms. The van der Waals surface area contributed by atoms with Crippen LogP contribution in [0.15, 0.2) is 73.3 Å². The number of likely N-dealkylation sites (tertiary alicyclic amines) is 1. The number of rotatable bonds is 6. The van der Waals surface area contributed by atoms with Crippen LogP contribution in [0.5, 0.6) is 0 Å². The lowest BCUT2D eigenvalue weighted by Gasteiger charge is -2.40. The van der Waals surface area contributed by atoms with Crippen LogP contribution < -0.4 is 10.4 Å². The summed E-state index contributed by atoms with van der Waals surface area (Å²) in [4.78, 5) is 25.7. The largest absolute Gasteiger partial charge is 0.371 e. The Labute approximate surface area is 216 Å². The third kappa shape index (κ3) is 4.82. The predicted octanol–water partition coefficient (Wildman–Crippen LogP) is 4.09. The molecule has 5 heterocycles. The maximum atomic E-state index is 11.6. The zero-order valence-electron chi connectivity index (χ0n) is 20.9. The summed E-state index contributed by atoms with van der Waals surface area (Å²) in [5, 5.41) is 10.0. The summed E-state index contributed by atoms with van der Waals surface area (Å²) in [5.74, 6) is -0.508. The van der Waals surface area contributed by atoms with E-state index in [0.29, 0.717) is 17.5 Å². The van der Waals surface area contributed by atoms with Gasteiger partial charge >= 0.3 is 0 Å². The molecule has 3 aromatic heterocycles. The van der Waals surface area contributed by atoms with Crippen LogP contribution in [0, 0.1) is 5.41 Å². The van der Waals surface area contributed by atoms with Crippen molar-refractivity contribution in [2.75, 3.05) is 31.1 Å². The maximum absolute atomic E-state index is 11.6. The Hall–Kier alpha value is -3.75. The number of nitrogens with zero attached hydrogens (tertiary/aromatic N) is 5. The summed E-state index contributed by atoms with van der Waals surface area (Å²) in [6.45, 7) is 6.14. The van der Waals surface area contributed by atoms with Crippen molar-refractivity contribution in [2.45, 2.75) is 32.4 Å². The number of carbonyl (C=O) groups is 1. The van der Waals surface area contributed by atoms with Crippen LogP contribution in [0.25, 0.3) is 11.0 Å². The highest BCUT2D eigenvalue weighted by atomic mass is 16.5. The van der Waals surface area contributed by atoms with Gasteiger partial charge in [-0.2, -0.15) is 0 Å². The fourth-order valence-electron chi connectivity index (χ4n) is 6.04. The Balaban J connectivity index is 1.12. The smallest absolute Gasteiger partial charge is 0.274 e. The first-order valence-corrected chi connectivity index (χ1v) is 13.0. The zero-order valence-corrected chi connectivity index (χ0v) is 20.9. The SMILES string of the molecule is O=C(NO)c1ccc(Cn2ccc3c(N4CCC5(CCN(Cc6cccnc6)C5)CC4)ccnc32)cc1. The van der Waals surface area contributed by atoms with Crippen molar-refractivity contribution in [2.24, 2.45) is 5.41 Å². The van der Waals surface area contributed by atoms with E-state index in [1.807, 2.05) is 36.8 Å². The van der Waals surface area contributed by atoms with Gasteiger partial charge in [0.25, 0.3) is 5.91 Å². The summed E-state index contributed by atoms with van der Waals surface area (Å²) in [6.07, 6.45) is 11.5. The van der Waals surface area contributed by atoms with Gasteiger partial charge in [-0.05, 0) is 72.7 Å². The lowest BCUT2D eigenvalue weighted by molar-refractivity contribution is 0.0706. The van der Waals surface area contributed by atoms with Crippen LogP contribution in [-0.2, 0) is 13.1 Å². The number of nitrogens with one attached hydrogen (secondary N) is 1. The molecular weight excluding hydrogens is 464 g/mol. The third-order valence-corrected chi connectivity index (χ3v) is 8.12. The van der Waals surface area contributed by atoms with Crippen molar-refractivity contribution in [1.82, 2.24) is 24.9 Å². The van der Waals surface area contributed by atoms with Crippen LogP contribution in [0.3, 0.4) is 0 Å². The number of piperidine rings is 1. The maximum Gasteiger partial charge on any atom is 0.274 e. The second kappa shape index (κ2) is 9.95. The topological polar surface area (TPSA) is 86.5 Å². The van der Waals surface area contributed by atoms with E-state index < -0.39 is 5.91 Å². The number of hydrogen-bond donors (Lipinski definition) is 2. The molecule has 2 fully saturated rings. The third-order valence-electron chi connectivity index (χ3n) is 8.12. The van der Waals surface area contributed by atoms with Crippen LogP contribution in [0.1, 0.15) is 40.7 Å². The van der Waals surface area contributed by atoms with E-state index >= 15 is 0 Å². The van der Waals surface area contributed by atoms with Crippen LogP contribution >= 0.6 is 0 Å². The summed E-state index contributed by atoms with van der Waals surface area (Å²) >= 11 is 0. The molecule has 190 valence electrons. The van der Waals surface area contributed by atoms with E-state index in [4.69, 9.17) is 10.2 Å². The standard InChI is InChI=1S/C29H32N6O2/c36-28(32-37)24-5-3-22(4-6-24)20-35-14-8-25-26(7-13-31-27(25)35)34-16-10-29(11-17-34)9-15-33(21-29)19-23-2-1-12-30-18-23/h1-8,12-14,18,37H,9-11,15-17,19-21H2,(H,32,36). The molecule has 0 radical (unpaired) electrons. The van der Waals surface area contributed by atoms with Gasteiger partial charge in [0, 0.05) is 74.1 Å². The monoisotopic (exact) mass is 496 g/mol. The van der Waals surface area contributed by atoms with E-state index in [1.54, 1.807) is 17.6 Å². The highest BCUT2D eigenvalue weighted by Gasteiger charge is 2.40. The van der Waals surface area contributed by atoms with Gasteiger partial charge in [-0.15, -0.1) is 0 Å². The second-order valence-electron chi connectivity index (χ2n) is 10.5. The normalized spacial score (nSPS) is 17.5. The highest BCUT2D eigenvalue weighted by molar-refractivity contribution is 5.93. The van der Waals surface area contributed by atoms with Gasteiger partial charge in [0.05, 0.1) is 0 Å². The van der Waals surface area contributed by atoms with Crippen molar-refractivity contribution >= 4 is 22.6 Å². The van der Waals surface area contributed by atoms with Gasteiger partial charge < -0.3 is 9.47 Å². The van der Waals surface area contributed by atoms with Gasteiger partial charge in [0.2, 0.25) is 0 Å². The average Bonchev–Trinajstić information content (AvgIpc) is 3.53. The van der Waals surface area contributed by atoms with Crippen LogP contribution in [0.4, 0.5) is 5.69 Å². The molecule has 0 bridgehead atoms. The quantitative estimate of drug-likeness (QED) is 0.309. The van der Waals surface area contributed by atoms with E-state index in [-0.39, 0.29) is 0 Å². The van der Waals surface area contributed by atoms with Crippen LogP contribution in [0.2, 0.25) is 0 Å². The summed E-state index contributed by atoms with van der Waals surface area (Å²) < 4.78 is 2.15. The molecule has 2 N–H and O–H groups in total. The summed E-state index contributed by atoms with van der Waals surface area (Å²) in [6, 6.07) is 15.8.